The lowest BCUT2D eigenvalue weighted by Crippen LogP contribution is -2.53. The van der Waals surface area contributed by atoms with Gasteiger partial charge in [-0.3, -0.25) is 24.1 Å². The van der Waals surface area contributed by atoms with Crippen LogP contribution in [0.5, 0.6) is 0 Å². The summed E-state index contributed by atoms with van der Waals surface area (Å²) in [6.07, 6.45) is 0. The summed E-state index contributed by atoms with van der Waals surface area (Å²) < 4.78 is 0. The summed E-state index contributed by atoms with van der Waals surface area (Å²) in [6, 6.07) is 13.3. The molecule has 1 fully saturated rings. The number of carbonyl (C=O) groups excluding carboxylic acids is 4. The van der Waals surface area contributed by atoms with Gasteiger partial charge in [0.2, 0.25) is 5.91 Å². The average Bonchev–Trinajstić information content (AvgIpc) is 2.98. The van der Waals surface area contributed by atoms with Crippen molar-refractivity contribution < 1.29 is 19.2 Å². The quantitative estimate of drug-likeness (QED) is 0.723. The molecule has 148 valence electrons. The fourth-order valence-electron chi connectivity index (χ4n) is 3.58. The highest BCUT2D eigenvalue weighted by atomic mass is 35.5. The second-order valence-electron chi connectivity index (χ2n) is 6.93. The number of halogens is 1. The maximum Gasteiger partial charge on any atom is 0.262 e. The number of amides is 4. The van der Waals surface area contributed by atoms with Gasteiger partial charge in [0.15, 0.2) is 0 Å². The molecule has 0 atom stereocenters. The Morgan fingerprint density at radius 1 is 0.828 bits per heavy atom. The van der Waals surface area contributed by atoms with Crippen LogP contribution in [-0.2, 0) is 4.79 Å². The second-order valence-corrected chi connectivity index (χ2v) is 7.36. The number of benzene rings is 2. The van der Waals surface area contributed by atoms with Crippen molar-refractivity contribution in [1.29, 1.82) is 0 Å². The van der Waals surface area contributed by atoms with E-state index in [-0.39, 0.29) is 18.4 Å². The summed E-state index contributed by atoms with van der Waals surface area (Å²) in [4.78, 5) is 54.3. The van der Waals surface area contributed by atoms with E-state index in [4.69, 9.17) is 11.6 Å². The van der Waals surface area contributed by atoms with E-state index >= 15 is 0 Å². The molecule has 0 bridgehead atoms. The van der Waals surface area contributed by atoms with Crippen molar-refractivity contribution in [2.24, 2.45) is 0 Å². The number of fused-ring (bicyclic) bond motifs is 1. The van der Waals surface area contributed by atoms with Crippen molar-refractivity contribution in [2.75, 3.05) is 32.7 Å². The Bertz CT molecular complexity index is 979. The Balaban J connectivity index is 1.36. The number of carbonyl (C=O) groups is 4. The normalized spacial score (nSPS) is 16.2. The van der Waals surface area contributed by atoms with Gasteiger partial charge in [0.1, 0.15) is 6.54 Å². The SMILES string of the molecule is O=C(CN1C(=O)c2ccccc2C1=O)N1CCN(C(=O)c2cccc(Cl)c2)CC1. The van der Waals surface area contributed by atoms with Crippen LogP contribution >= 0.6 is 11.6 Å². The van der Waals surface area contributed by atoms with Crippen LogP contribution in [0.3, 0.4) is 0 Å². The van der Waals surface area contributed by atoms with Gasteiger partial charge in [0, 0.05) is 36.8 Å². The monoisotopic (exact) mass is 411 g/mol. The minimum absolute atomic E-state index is 0.139. The van der Waals surface area contributed by atoms with Crippen LogP contribution in [0.1, 0.15) is 31.1 Å². The van der Waals surface area contributed by atoms with Crippen LogP contribution in [0.25, 0.3) is 0 Å². The van der Waals surface area contributed by atoms with Crippen LogP contribution in [0.4, 0.5) is 0 Å². The van der Waals surface area contributed by atoms with E-state index < -0.39 is 11.8 Å². The molecule has 2 heterocycles. The highest BCUT2D eigenvalue weighted by Gasteiger charge is 2.37. The molecule has 8 heteroatoms. The van der Waals surface area contributed by atoms with Crippen molar-refractivity contribution in [2.45, 2.75) is 0 Å². The largest absolute Gasteiger partial charge is 0.338 e. The van der Waals surface area contributed by atoms with Gasteiger partial charge in [-0.15, -0.1) is 0 Å². The third kappa shape index (κ3) is 3.61. The van der Waals surface area contributed by atoms with Gasteiger partial charge in [0.05, 0.1) is 11.1 Å². The first-order valence-electron chi connectivity index (χ1n) is 9.23. The van der Waals surface area contributed by atoms with Gasteiger partial charge in [-0.1, -0.05) is 29.8 Å². The van der Waals surface area contributed by atoms with E-state index in [1.807, 2.05) is 0 Å². The van der Waals surface area contributed by atoms with Gasteiger partial charge in [-0.25, -0.2) is 0 Å². The van der Waals surface area contributed by atoms with Gasteiger partial charge < -0.3 is 9.80 Å². The Morgan fingerprint density at radius 2 is 1.41 bits per heavy atom. The Kier molecular flexibility index (Phi) is 5.07. The summed E-state index contributed by atoms with van der Waals surface area (Å²) in [5.41, 5.74) is 1.15. The van der Waals surface area contributed by atoms with Crippen LogP contribution < -0.4 is 0 Å². The fourth-order valence-corrected chi connectivity index (χ4v) is 3.77. The lowest BCUT2D eigenvalue weighted by Gasteiger charge is -2.35. The molecular formula is C21H18ClN3O4. The van der Waals surface area contributed by atoms with E-state index in [9.17, 15) is 19.2 Å². The Hall–Kier alpha value is -3.19. The number of hydrogen-bond donors (Lipinski definition) is 0. The van der Waals surface area contributed by atoms with Crippen molar-refractivity contribution in [3.8, 4) is 0 Å². The van der Waals surface area contributed by atoms with Gasteiger partial charge in [-0.05, 0) is 30.3 Å². The van der Waals surface area contributed by atoms with Crippen molar-refractivity contribution in [3.63, 3.8) is 0 Å². The molecule has 1 saturated heterocycles. The topological polar surface area (TPSA) is 78.0 Å². The highest BCUT2D eigenvalue weighted by molar-refractivity contribution is 6.31. The van der Waals surface area contributed by atoms with Crippen LogP contribution in [0.2, 0.25) is 5.02 Å². The molecule has 2 aromatic carbocycles. The molecular weight excluding hydrogens is 394 g/mol. The zero-order valence-electron chi connectivity index (χ0n) is 15.5. The number of rotatable bonds is 3. The van der Waals surface area contributed by atoms with Crippen molar-refractivity contribution >= 4 is 35.2 Å². The van der Waals surface area contributed by atoms with Crippen LogP contribution in [-0.4, -0.2) is 71.1 Å². The molecule has 29 heavy (non-hydrogen) atoms. The minimum Gasteiger partial charge on any atom is -0.338 e. The van der Waals surface area contributed by atoms with Crippen LogP contribution in [0, 0.1) is 0 Å². The van der Waals surface area contributed by atoms with Gasteiger partial charge in [0.25, 0.3) is 17.7 Å². The fraction of sp³-hybridized carbons (Fsp3) is 0.238. The summed E-state index contributed by atoms with van der Waals surface area (Å²) >= 11 is 5.95. The number of hydrogen-bond acceptors (Lipinski definition) is 4. The van der Waals surface area contributed by atoms with E-state index in [2.05, 4.69) is 0 Å². The molecule has 2 aromatic rings. The number of nitrogens with zero attached hydrogens (tertiary/aromatic N) is 3. The minimum atomic E-state index is -0.450. The molecule has 7 nitrogen and oxygen atoms in total. The molecule has 4 amide bonds. The Morgan fingerprint density at radius 3 is 2.00 bits per heavy atom. The molecule has 0 spiro atoms. The van der Waals surface area contributed by atoms with Crippen LogP contribution in [0.15, 0.2) is 48.5 Å². The summed E-state index contributed by atoms with van der Waals surface area (Å²) in [6.45, 7) is 1.13. The predicted octanol–water partition coefficient (Wildman–Crippen LogP) is 1.92. The Labute approximate surface area is 172 Å². The summed E-state index contributed by atoms with van der Waals surface area (Å²) in [5.74, 6) is -1.35. The van der Waals surface area contributed by atoms with Crippen molar-refractivity contribution in [3.05, 3.63) is 70.2 Å². The first-order valence-corrected chi connectivity index (χ1v) is 9.61. The molecule has 2 aliphatic heterocycles. The second kappa shape index (κ2) is 7.67. The van der Waals surface area contributed by atoms with Crippen molar-refractivity contribution in [1.82, 2.24) is 14.7 Å². The third-order valence-corrected chi connectivity index (χ3v) is 5.40. The van der Waals surface area contributed by atoms with E-state index in [0.717, 1.165) is 4.90 Å². The summed E-state index contributed by atoms with van der Waals surface area (Å²) in [5, 5.41) is 0.491. The average molecular weight is 412 g/mol. The molecule has 0 aromatic heterocycles. The summed E-state index contributed by atoms with van der Waals surface area (Å²) in [7, 11) is 0. The lowest BCUT2D eigenvalue weighted by atomic mass is 10.1. The predicted molar refractivity (Wildman–Crippen MR) is 106 cm³/mol. The zero-order chi connectivity index (χ0) is 20.5. The molecule has 0 N–H and O–H groups in total. The molecule has 0 aliphatic carbocycles. The first kappa shape index (κ1) is 19.1. The number of piperazine rings is 1. The van der Waals surface area contributed by atoms with Gasteiger partial charge >= 0.3 is 0 Å². The van der Waals surface area contributed by atoms with E-state index in [1.54, 1.807) is 58.3 Å². The maximum atomic E-state index is 12.6. The van der Waals surface area contributed by atoms with E-state index in [0.29, 0.717) is 47.9 Å². The zero-order valence-corrected chi connectivity index (χ0v) is 16.3. The maximum absolute atomic E-state index is 12.6. The van der Waals surface area contributed by atoms with Gasteiger partial charge in [-0.2, -0.15) is 0 Å². The standard InChI is InChI=1S/C21H18ClN3O4/c22-15-5-3-4-14(12-15)19(27)24-10-8-23(9-11-24)18(26)13-25-20(28)16-6-1-2-7-17(16)21(25)29/h1-7,12H,8-11,13H2. The lowest BCUT2D eigenvalue weighted by molar-refractivity contribution is -0.132. The molecule has 2 aliphatic rings. The first-order chi connectivity index (χ1) is 14.0. The smallest absolute Gasteiger partial charge is 0.262 e. The van der Waals surface area contributed by atoms with E-state index in [1.165, 1.54) is 0 Å². The highest BCUT2D eigenvalue weighted by Crippen LogP contribution is 2.22. The molecule has 0 saturated carbocycles. The molecule has 4 rings (SSSR count). The molecule has 0 radical (unpaired) electrons. The molecule has 0 unspecified atom stereocenters. The third-order valence-electron chi connectivity index (χ3n) is 5.16. The number of imide groups is 1.